The molecule has 1 rings (SSSR count). The van der Waals surface area contributed by atoms with Crippen LogP contribution in [0, 0.1) is 5.92 Å². The first kappa shape index (κ1) is 19.4. The predicted molar refractivity (Wildman–Crippen MR) is 91.6 cm³/mol. The van der Waals surface area contributed by atoms with Crippen LogP contribution in [0.3, 0.4) is 0 Å². The maximum atomic E-state index is 10.4. The van der Waals surface area contributed by atoms with Crippen LogP contribution in [0.1, 0.15) is 27.7 Å². The Morgan fingerprint density at radius 1 is 1.14 bits per heavy atom. The van der Waals surface area contributed by atoms with Gasteiger partial charge in [-0.05, 0) is 25.1 Å². The molecule has 0 unspecified atom stereocenters. The summed E-state index contributed by atoms with van der Waals surface area (Å²) in [4.78, 5) is 4.87. The lowest BCUT2D eigenvalue weighted by molar-refractivity contribution is -0.0671. The van der Waals surface area contributed by atoms with Crippen molar-refractivity contribution < 1.29 is 19.1 Å². The molecule has 1 aliphatic carbocycles. The summed E-state index contributed by atoms with van der Waals surface area (Å²) in [6, 6.07) is 0. The third-order valence-corrected chi connectivity index (χ3v) is 9.23. The van der Waals surface area contributed by atoms with Crippen LogP contribution in [0.15, 0.2) is 17.3 Å². The number of nitrogens with zero attached hydrogens (tertiary/aromatic N) is 1. The van der Waals surface area contributed by atoms with Gasteiger partial charge >= 0.3 is 0 Å². The van der Waals surface area contributed by atoms with E-state index in [0.717, 1.165) is 5.71 Å². The number of hydrogen-bond acceptors (Lipinski definition) is 5. The van der Waals surface area contributed by atoms with Crippen molar-refractivity contribution in [3.63, 3.8) is 0 Å². The second-order valence-electron chi connectivity index (χ2n) is 7.36. The fourth-order valence-corrected chi connectivity index (χ4v) is 3.68. The molecule has 0 amide bonds. The minimum atomic E-state index is -2.02. The molecule has 1 aliphatic rings. The Bertz CT molecular complexity index is 428. The summed E-state index contributed by atoms with van der Waals surface area (Å²) < 4.78 is 12.1. The number of oxime groups is 1. The highest BCUT2D eigenvalue weighted by molar-refractivity contribution is 6.74. The number of aliphatic hydroxyl groups excluding tert-OH is 1. The van der Waals surface area contributed by atoms with Gasteiger partial charge in [-0.25, -0.2) is 0 Å². The molecule has 128 valence electrons. The first-order valence-electron chi connectivity index (χ1n) is 7.70. The molecule has 22 heavy (non-hydrogen) atoms. The Morgan fingerprint density at radius 2 is 1.73 bits per heavy atom. The smallest absolute Gasteiger partial charge is 0.192 e. The van der Waals surface area contributed by atoms with E-state index in [2.05, 4.69) is 39.0 Å². The fraction of sp³-hybridized carbons (Fsp3) is 0.812. The summed E-state index contributed by atoms with van der Waals surface area (Å²) in [5.41, 5.74) is 0.807. The lowest BCUT2D eigenvalue weighted by atomic mass is 9.86. The minimum absolute atomic E-state index is 0.0666. The predicted octanol–water partition coefficient (Wildman–Crippen LogP) is 2.96. The molecule has 0 spiro atoms. The summed E-state index contributed by atoms with van der Waals surface area (Å²) in [6.07, 6.45) is 2.33. The van der Waals surface area contributed by atoms with E-state index in [-0.39, 0.29) is 17.1 Å². The molecule has 0 saturated carbocycles. The van der Waals surface area contributed by atoms with Crippen molar-refractivity contribution in [1.29, 1.82) is 0 Å². The van der Waals surface area contributed by atoms with Gasteiger partial charge in [-0.3, -0.25) is 0 Å². The van der Waals surface area contributed by atoms with E-state index in [1.54, 1.807) is 13.2 Å². The summed E-state index contributed by atoms with van der Waals surface area (Å²) in [5.74, 6) is -0.0666. The van der Waals surface area contributed by atoms with E-state index in [1.807, 2.05) is 13.0 Å². The Kier molecular flexibility index (Phi) is 6.38. The molecule has 0 aromatic heterocycles. The molecule has 0 heterocycles. The molecule has 5 nitrogen and oxygen atoms in total. The quantitative estimate of drug-likeness (QED) is 0.365. The van der Waals surface area contributed by atoms with Gasteiger partial charge in [0, 0.05) is 13.0 Å². The zero-order valence-corrected chi connectivity index (χ0v) is 16.1. The second-order valence-corrected chi connectivity index (χ2v) is 12.1. The van der Waals surface area contributed by atoms with Crippen LogP contribution in [0.2, 0.25) is 18.1 Å². The van der Waals surface area contributed by atoms with Gasteiger partial charge in [0.2, 0.25) is 0 Å². The van der Waals surface area contributed by atoms with Crippen LogP contribution in [0.25, 0.3) is 0 Å². The van der Waals surface area contributed by atoms with Gasteiger partial charge in [-0.2, -0.15) is 0 Å². The van der Waals surface area contributed by atoms with Crippen molar-refractivity contribution >= 4 is 14.0 Å². The van der Waals surface area contributed by atoms with Crippen LogP contribution in [0.4, 0.5) is 0 Å². The monoisotopic (exact) mass is 329 g/mol. The molecule has 4 atom stereocenters. The van der Waals surface area contributed by atoms with Crippen molar-refractivity contribution in [2.24, 2.45) is 11.1 Å². The zero-order valence-electron chi connectivity index (χ0n) is 15.1. The number of ether oxygens (including phenoxy) is 1. The lowest BCUT2D eigenvalue weighted by Crippen LogP contribution is -2.55. The molecule has 0 aliphatic heterocycles. The Balaban J connectivity index is 3.07. The van der Waals surface area contributed by atoms with E-state index in [9.17, 15) is 5.11 Å². The van der Waals surface area contributed by atoms with Gasteiger partial charge in [-0.1, -0.05) is 38.1 Å². The average molecular weight is 330 g/mol. The second kappa shape index (κ2) is 7.25. The lowest BCUT2D eigenvalue weighted by Gasteiger charge is -2.44. The SMILES string of the molecule is CO/N=C(\C)[C@H]1C=C[C@@H](O)[C@@H](O[Si](C)(C)C(C)(C)C)[C@@H]1OC. The Labute approximate surface area is 135 Å². The molecular formula is C16H31NO4Si. The van der Waals surface area contributed by atoms with Crippen LogP contribution < -0.4 is 0 Å². The highest BCUT2D eigenvalue weighted by Crippen LogP contribution is 2.39. The molecule has 0 aromatic carbocycles. The topological polar surface area (TPSA) is 60.3 Å². The normalized spacial score (nSPS) is 30.5. The van der Waals surface area contributed by atoms with Gasteiger partial charge in [0.05, 0.1) is 17.9 Å². The van der Waals surface area contributed by atoms with Crippen LogP contribution in [0.5, 0.6) is 0 Å². The number of hydrogen-bond donors (Lipinski definition) is 1. The van der Waals surface area contributed by atoms with E-state index in [0.29, 0.717) is 0 Å². The molecule has 0 saturated heterocycles. The number of methoxy groups -OCH3 is 1. The minimum Gasteiger partial charge on any atom is -0.408 e. The van der Waals surface area contributed by atoms with Crippen LogP contribution in [-0.2, 0) is 14.0 Å². The standard InChI is InChI=1S/C16H31NO4Si/c1-11(17-20-6)12-9-10-13(18)15(14(12)19-5)21-22(7,8)16(2,3)4/h9-10,12-15,18H,1-8H3/b17-11+/t12-,13-,14-,15-/m1/s1. The van der Waals surface area contributed by atoms with Gasteiger partial charge < -0.3 is 19.1 Å². The molecular weight excluding hydrogens is 298 g/mol. The Hall–Kier alpha value is -0.693. The number of aliphatic hydroxyl groups is 1. The molecule has 1 N–H and O–H groups in total. The third-order valence-electron chi connectivity index (χ3n) is 4.76. The van der Waals surface area contributed by atoms with Crippen molar-refractivity contribution in [2.75, 3.05) is 14.2 Å². The van der Waals surface area contributed by atoms with E-state index < -0.39 is 20.5 Å². The van der Waals surface area contributed by atoms with Crippen molar-refractivity contribution in [3.05, 3.63) is 12.2 Å². The molecule has 0 fully saturated rings. The van der Waals surface area contributed by atoms with Crippen molar-refractivity contribution in [3.8, 4) is 0 Å². The third kappa shape index (κ3) is 4.19. The largest absolute Gasteiger partial charge is 0.408 e. The first-order chi connectivity index (χ1) is 10.0. The van der Waals surface area contributed by atoms with Gasteiger partial charge in [0.1, 0.15) is 13.2 Å². The molecule has 0 aromatic rings. The van der Waals surface area contributed by atoms with Crippen molar-refractivity contribution in [1.82, 2.24) is 0 Å². The fourth-order valence-electron chi connectivity index (χ4n) is 2.37. The summed E-state index contributed by atoms with van der Waals surface area (Å²) >= 11 is 0. The van der Waals surface area contributed by atoms with Crippen LogP contribution >= 0.6 is 0 Å². The molecule has 0 radical (unpaired) electrons. The van der Waals surface area contributed by atoms with Gasteiger partial charge in [-0.15, -0.1) is 0 Å². The molecule has 6 heteroatoms. The van der Waals surface area contributed by atoms with Crippen LogP contribution in [-0.4, -0.2) is 51.7 Å². The van der Waals surface area contributed by atoms with Crippen molar-refractivity contribution in [2.45, 2.75) is 64.1 Å². The van der Waals surface area contributed by atoms with Gasteiger partial charge in [0.15, 0.2) is 8.32 Å². The summed E-state index contributed by atoms with van der Waals surface area (Å²) in [6.45, 7) is 12.8. The van der Waals surface area contributed by atoms with E-state index >= 15 is 0 Å². The number of rotatable bonds is 5. The molecule has 0 bridgehead atoms. The first-order valence-corrected chi connectivity index (χ1v) is 10.6. The highest BCUT2D eigenvalue weighted by atomic mass is 28.4. The van der Waals surface area contributed by atoms with E-state index in [1.165, 1.54) is 7.11 Å². The van der Waals surface area contributed by atoms with E-state index in [4.69, 9.17) is 14.0 Å². The summed E-state index contributed by atoms with van der Waals surface area (Å²) in [7, 11) is 1.15. The maximum Gasteiger partial charge on any atom is 0.192 e. The average Bonchev–Trinajstić information content (AvgIpc) is 2.39. The zero-order chi connectivity index (χ0) is 17.1. The maximum absolute atomic E-state index is 10.4. The highest BCUT2D eigenvalue weighted by Gasteiger charge is 2.45. The van der Waals surface area contributed by atoms with Gasteiger partial charge in [0.25, 0.3) is 0 Å². The summed E-state index contributed by atoms with van der Waals surface area (Å²) in [5, 5.41) is 14.5. The Morgan fingerprint density at radius 3 is 2.18 bits per heavy atom.